The van der Waals surface area contributed by atoms with Crippen LogP contribution in [0.4, 0.5) is 13.2 Å². The average Bonchev–Trinajstić information content (AvgIpc) is 1.75. The molecular formula is C6H8F3NO. The Morgan fingerprint density at radius 2 is 1.91 bits per heavy atom. The summed E-state index contributed by atoms with van der Waals surface area (Å²) in [6.07, 6.45) is -2.48. The SMILES string of the molecule is O=C(NC1CCC1)C(F)(F)F. The van der Waals surface area contributed by atoms with Crippen LogP contribution in [0.25, 0.3) is 0 Å². The summed E-state index contributed by atoms with van der Waals surface area (Å²) in [7, 11) is 0. The Morgan fingerprint density at radius 1 is 1.36 bits per heavy atom. The summed E-state index contributed by atoms with van der Waals surface area (Å²) in [6, 6.07) is -0.246. The lowest BCUT2D eigenvalue weighted by Crippen LogP contribution is -2.45. The molecule has 1 aliphatic rings. The molecule has 5 heteroatoms. The average molecular weight is 167 g/mol. The van der Waals surface area contributed by atoms with E-state index in [1.807, 2.05) is 5.32 Å². The number of rotatable bonds is 1. The number of carbonyl (C=O) groups is 1. The second kappa shape index (κ2) is 2.71. The molecule has 1 N–H and O–H groups in total. The summed E-state index contributed by atoms with van der Waals surface area (Å²) in [5.74, 6) is -1.82. The fourth-order valence-electron chi connectivity index (χ4n) is 0.820. The van der Waals surface area contributed by atoms with E-state index in [2.05, 4.69) is 0 Å². The highest BCUT2D eigenvalue weighted by atomic mass is 19.4. The summed E-state index contributed by atoms with van der Waals surface area (Å²) in [6.45, 7) is 0. The number of hydrogen-bond acceptors (Lipinski definition) is 1. The fraction of sp³-hybridized carbons (Fsp3) is 0.833. The fourth-order valence-corrected chi connectivity index (χ4v) is 0.820. The Bertz CT molecular complexity index is 162. The normalized spacial score (nSPS) is 19.2. The molecule has 0 bridgehead atoms. The second-order valence-corrected chi connectivity index (χ2v) is 2.60. The van der Waals surface area contributed by atoms with Crippen molar-refractivity contribution in [3.8, 4) is 0 Å². The largest absolute Gasteiger partial charge is 0.471 e. The molecule has 0 aromatic heterocycles. The van der Waals surface area contributed by atoms with E-state index < -0.39 is 12.1 Å². The number of amides is 1. The first-order valence-corrected chi connectivity index (χ1v) is 3.38. The highest BCUT2D eigenvalue weighted by Gasteiger charge is 2.40. The van der Waals surface area contributed by atoms with Gasteiger partial charge in [-0.25, -0.2) is 0 Å². The zero-order valence-corrected chi connectivity index (χ0v) is 5.74. The Labute approximate surface area is 61.8 Å². The highest BCUT2D eigenvalue weighted by molar-refractivity contribution is 5.81. The number of alkyl halides is 3. The van der Waals surface area contributed by atoms with Crippen LogP contribution in [0.2, 0.25) is 0 Å². The summed E-state index contributed by atoms with van der Waals surface area (Å²) < 4.78 is 34.7. The molecule has 0 saturated heterocycles. The maximum atomic E-state index is 11.6. The quantitative estimate of drug-likeness (QED) is 0.625. The van der Waals surface area contributed by atoms with E-state index in [-0.39, 0.29) is 6.04 Å². The van der Waals surface area contributed by atoms with Crippen LogP contribution < -0.4 is 5.32 Å². The predicted molar refractivity (Wildman–Crippen MR) is 31.8 cm³/mol. The number of carbonyl (C=O) groups excluding carboxylic acids is 1. The smallest absolute Gasteiger partial charge is 0.346 e. The van der Waals surface area contributed by atoms with Gasteiger partial charge in [0, 0.05) is 6.04 Å². The van der Waals surface area contributed by atoms with Crippen molar-refractivity contribution in [3.05, 3.63) is 0 Å². The molecule has 2 nitrogen and oxygen atoms in total. The molecular weight excluding hydrogens is 159 g/mol. The van der Waals surface area contributed by atoms with E-state index in [9.17, 15) is 18.0 Å². The summed E-state index contributed by atoms with van der Waals surface area (Å²) >= 11 is 0. The molecule has 1 fully saturated rings. The van der Waals surface area contributed by atoms with E-state index in [1.165, 1.54) is 0 Å². The first-order chi connectivity index (χ1) is 5.00. The Hall–Kier alpha value is -0.740. The maximum absolute atomic E-state index is 11.6. The third-order valence-corrected chi connectivity index (χ3v) is 1.70. The van der Waals surface area contributed by atoms with Crippen molar-refractivity contribution in [3.63, 3.8) is 0 Å². The Morgan fingerprint density at radius 3 is 2.18 bits per heavy atom. The lowest BCUT2D eigenvalue weighted by atomic mass is 9.93. The molecule has 64 valence electrons. The van der Waals surface area contributed by atoms with Gasteiger partial charge in [0.25, 0.3) is 0 Å². The van der Waals surface area contributed by atoms with E-state index in [0.29, 0.717) is 12.8 Å². The van der Waals surface area contributed by atoms with Gasteiger partial charge < -0.3 is 5.32 Å². The van der Waals surface area contributed by atoms with Crippen molar-refractivity contribution in [1.82, 2.24) is 5.32 Å². The van der Waals surface area contributed by atoms with Crippen LogP contribution in [-0.4, -0.2) is 18.1 Å². The van der Waals surface area contributed by atoms with Crippen molar-refractivity contribution < 1.29 is 18.0 Å². The van der Waals surface area contributed by atoms with Gasteiger partial charge in [-0.05, 0) is 19.3 Å². The lowest BCUT2D eigenvalue weighted by molar-refractivity contribution is -0.174. The molecule has 1 rings (SSSR count). The Kier molecular flexibility index (Phi) is 2.06. The first-order valence-electron chi connectivity index (χ1n) is 3.38. The third kappa shape index (κ3) is 2.10. The molecule has 0 aromatic rings. The van der Waals surface area contributed by atoms with Gasteiger partial charge in [-0.15, -0.1) is 0 Å². The maximum Gasteiger partial charge on any atom is 0.471 e. The summed E-state index contributed by atoms with van der Waals surface area (Å²) in [5.41, 5.74) is 0. The van der Waals surface area contributed by atoms with Crippen molar-refractivity contribution in [2.45, 2.75) is 31.5 Å². The topological polar surface area (TPSA) is 29.1 Å². The van der Waals surface area contributed by atoms with Gasteiger partial charge in [0.05, 0.1) is 0 Å². The molecule has 1 amide bonds. The molecule has 0 radical (unpaired) electrons. The van der Waals surface area contributed by atoms with Crippen LogP contribution in [-0.2, 0) is 4.79 Å². The van der Waals surface area contributed by atoms with E-state index >= 15 is 0 Å². The minimum absolute atomic E-state index is 0.246. The molecule has 0 spiro atoms. The minimum Gasteiger partial charge on any atom is -0.346 e. The lowest BCUT2D eigenvalue weighted by Gasteiger charge is -2.26. The van der Waals surface area contributed by atoms with Crippen LogP contribution in [0, 0.1) is 0 Å². The van der Waals surface area contributed by atoms with Gasteiger partial charge >= 0.3 is 12.1 Å². The highest BCUT2D eigenvalue weighted by Crippen LogP contribution is 2.21. The van der Waals surface area contributed by atoms with Crippen LogP contribution in [0.3, 0.4) is 0 Å². The van der Waals surface area contributed by atoms with Gasteiger partial charge in [-0.3, -0.25) is 4.79 Å². The van der Waals surface area contributed by atoms with Crippen molar-refractivity contribution >= 4 is 5.91 Å². The van der Waals surface area contributed by atoms with E-state index in [4.69, 9.17) is 0 Å². The second-order valence-electron chi connectivity index (χ2n) is 2.60. The number of halogens is 3. The molecule has 0 heterocycles. The van der Waals surface area contributed by atoms with Crippen LogP contribution in [0.15, 0.2) is 0 Å². The zero-order valence-electron chi connectivity index (χ0n) is 5.74. The standard InChI is InChI=1S/C6H8F3NO/c7-6(8,9)5(11)10-4-2-1-3-4/h4H,1-3H2,(H,10,11). The minimum atomic E-state index is -4.73. The van der Waals surface area contributed by atoms with Gasteiger partial charge in [-0.1, -0.05) is 0 Å². The van der Waals surface area contributed by atoms with Gasteiger partial charge in [-0.2, -0.15) is 13.2 Å². The van der Waals surface area contributed by atoms with Crippen LogP contribution in [0.1, 0.15) is 19.3 Å². The molecule has 11 heavy (non-hydrogen) atoms. The number of nitrogens with one attached hydrogen (secondary N) is 1. The zero-order chi connectivity index (χ0) is 8.48. The summed E-state index contributed by atoms with van der Waals surface area (Å²) in [5, 5.41) is 1.89. The molecule has 0 aromatic carbocycles. The summed E-state index contributed by atoms with van der Waals surface area (Å²) in [4.78, 5) is 10.2. The predicted octanol–water partition coefficient (Wildman–Crippen LogP) is 1.22. The molecule has 1 aliphatic carbocycles. The van der Waals surface area contributed by atoms with Crippen molar-refractivity contribution in [2.24, 2.45) is 0 Å². The van der Waals surface area contributed by atoms with Crippen molar-refractivity contribution in [1.29, 1.82) is 0 Å². The van der Waals surface area contributed by atoms with Gasteiger partial charge in [0.1, 0.15) is 0 Å². The van der Waals surface area contributed by atoms with Crippen molar-refractivity contribution in [2.75, 3.05) is 0 Å². The molecule has 0 atom stereocenters. The van der Waals surface area contributed by atoms with E-state index in [1.54, 1.807) is 0 Å². The third-order valence-electron chi connectivity index (χ3n) is 1.70. The van der Waals surface area contributed by atoms with E-state index in [0.717, 1.165) is 6.42 Å². The van der Waals surface area contributed by atoms with Crippen LogP contribution in [0.5, 0.6) is 0 Å². The molecule has 0 aliphatic heterocycles. The monoisotopic (exact) mass is 167 g/mol. The van der Waals surface area contributed by atoms with Crippen LogP contribution >= 0.6 is 0 Å². The number of hydrogen-bond donors (Lipinski definition) is 1. The molecule has 1 saturated carbocycles. The van der Waals surface area contributed by atoms with Gasteiger partial charge in [0.2, 0.25) is 0 Å². The molecule has 0 unspecified atom stereocenters. The van der Waals surface area contributed by atoms with Gasteiger partial charge in [0.15, 0.2) is 0 Å². The Balaban J connectivity index is 2.30. The first kappa shape index (κ1) is 8.36.